The molecule has 0 saturated carbocycles. The molecule has 0 atom stereocenters. The summed E-state index contributed by atoms with van der Waals surface area (Å²) in [4.78, 5) is 9.00. The van der Waals surface area contributed by atoms with Crippen LogP contribution in [-0.2, 0) is 13.6 Å². The number of hydrogen-bond acceptors (Lipinski definition) is 5. The number of hydrogen-bond donors (Lipinski definition) is 2. The zero-order valence-corrected chi connectivity index (χ0v) is 14.7. The van der Waals surface area contributed by atoms with Gasteiger partial charge < -0.3 is 10.6 Å². The minimum atomic E-state index is 0. The standard InChI is InChI=1S/C16H17ClN6.ClH/c1-3-8-18-16-21-14(13-10-20-23(2)15(13)22-16)19-9-11-4-6-12(17)7-5-11;/h3-7,10H,1,8-9H2,2H3,(H2,18,19,21,22);1H. The van der Waals surface area contributed by atoms with Gasteiger partial charge in [0.1, 0.15) is 5.82 Å². The van der Waals surface area contributed by atoms with Gasteiger partial charge in [-0.3, -0.25) is 4.68 Å². The van der Waals surface area contributed by atoms with Crippen LogP contribution in [0.1, 0.15) is 5.56 Å². The molecule has 6 nitrogen and oxygen atoms in total. The monoisotopic (exact) mass is 364 g/mol. The van der Waals surface area contributed by atoms with Crippen LogP contribution < -0.4 is 10.6 Å². The molecule has 0 unspecified atom stereocenters. The molecule has 0 amide bonds. The van der Waals surface area contributed by atoms with Crippen molar-refractivity contribution >= 4 is 46.8 Å². The van der Waals surface area contributed by atoms with Crippen molar-refractivity contribution in [3.05, 3.63) is 53.7 Å². The van der Waals surface area contributed by atoms with Gasteiger partial charge in [-0.25, -0.2) is 0 Å². The van der Waals surface area contributed by atoms with Crippen molar-refractivity contribution in [2.75, 3.05) is 17.2 Å². The first-order chi connectivity index (χ1) is 11.2. The quantitative estimate of drug-likeness (QED) is 0.653. The first-order valence-corrected chi connectivity index (χ1v) is 7.58. The number of nitrogens with one attached hydrogen (secondary N) is 2. The molecule has 24 heavy (non-hydrogen) atoms. The minimum Gasteiger partial charge on any atom is -0.365 e. The molecule has 0 aliphatic carbocycles. The zero-order valence-electron chi connectivity index (χ0n) is 13.2. The summed E-state index contributed by atoms with van der Waals surface area (Å²) in [6, 6.07) is 7.70. The maximum Gasteiger partial charge on any atom is 0.226 e. The van der Waals surface area contributed by atoms with E-state index in [1.54, 1.807) is 17.0 Å². The zero-order chi connectivity index (χ0) is 16.2. The molecule has 0 aliphatic rings. The Morgan fingerprint density at radius 1 is 1.21 bits per heavy atom. The molecule has 1 aromatic carbocycles. The smallest absolute Gasteiger partial charge is 0.226 e. The van der Waals surface area contributed by atoms with E-state index in [0.717, 1.165) is 27.4 Å². The molecule has 0 fully saturated rings. The van der Waals surface area contributed by atoms with Crippen LogP contribution >= 0.6 is 24.0 Å². The number of nitrogens with zero attached hydrogens (tertiary/aromatic N) is 4. The second kappa shape index (κ2) is 7.99. The summed E-state index contributed by atoms with van der Waals surface area (Å²) in [6.07, 6.45) is 3.52. The van der Waals surface area contributed by atoms with Crippen molar-refractivity contribution < 1.29 is 0 Å². The molecule has 126 valence electrons. The van der Waals surface area contributed by atoms with E-state index < -0.39 is 0 Å². The van der Waals surface area contributed by atoms with Gasteiger partial charge in [-0.05, 0) is 17.7 Å². The Balaban J connectivity index is 0.00000208. The Bertz CT molecular complexity index is 828. The predicted octanol–water partition coefficient (Wildman–Crippen LogP) is 3.65. The molecule has 0 spiro atoms. The third-order valence-electron chi connectivity index (χ3n) is 3.37. The van der Waals surface area contributed by atoms with Crippen LogP contribution in [0, 0.1) is 0 Å². The third kappa shape index (κ3) is 3.96. The molecule has 2 N–H and O–H groups in total. The predicted molar refractivity (Wildman–Crippen MR) is 101 cm³/mol. The highest BCUT2D eigenvalue weighted by atomic mass is 35.5. The Kier molecular flexibility index (Phi) is 6.00. The molecule has 2 heterocycles. The van der Waals surface area contributed by atoms with Gasteiger partial charge in [0, 0.05) is 25.2 Å². The second-order valence-electron chi connectivity index (χ2n) is 5.05. The van der Waals surface area contributed by atoms with Crippen LogP contribution in [0.4, 0.5) is 11.8 Å². The topological polar surface area (TPSA) is 67.7 Å². The third-order valence-corrected chi connectivity index (χ3v) is 3.62. The van der Waals surface area contributed by atoms with E-state index in [9.17, 15) is 0 Å². The SMILES string of the molecule is C=CCNc1nc(NCc2ccc(Cl)cc2)c2cnn(C)c2n1.Cl. The van der Waals surface area contributed by atoms with Crippen LogP contribution in [-0.4, -0.2) is 26.3 Å². The molecular weight excluding hydrogens is 347 g/mol. The van der Waals surface area contributed by atoms with E-state index in [4.69, 9.17) is 11.6 Å². The van der Waals surface area contributed by atoms with Gasteiger partial charge in [-0.15, -0.1) is 19.0 Å². The van der Waals surface area contributed by atoms with Gasteiger partial charge >= 0.3 is 0 Å². The van der Waals surface area contributed by atoms with Gasteiger partial charge in [0.2, 0.25) is 5.95 Å². The molecule has 0 radical (unpaired) electrons. The van der Waals surface area contributed by atoms with Crippen molar-refractivity contribution in [3.8, 4) is 0 Å². The van der Waals surface area contributed by atoms with Crippen LogP contribution in [0.2, 0.25) is 5.02 Å². The van der Waals surface area contributed by atoms with Crippen molar-refractivity contribution in [1.29, 1.82) is 0 Å². The Hall–Kier alpha value is -2.31. The maximum absolute atomic E-state index is 5.91. The minimum absolute atomic E-state index is 0. The fraction of sp³-hybridized carbons (Fsp3) is 0.188. The number of anilines is 2. The fourth-order valence-corrected chi connectivity index (χ4v) is 2.31. The van der Waals surface area contributed by atoms with E-state index in [0.29, 0.717) is 19.0 Å². The van der Waals surface area contributed by atoms with Crippen LogP contribution in [0.25, 0.3) is 11.0 Å². The summed E-state index contributed by atoms with van der Waals surface area (Å²) >= 11 is 5.91. The van der Waals surface area contributed by atoms with Gasteiger partial charge in [-0.1, -0.05) is 29.8 Å². The molecule has 3 rings (SSSR count). The number of fused-ring (bicyclic) bond motifs is 1. The van der Waals surface area contributed by atoms with Crippen molar-refractivity contribution in [1.82, 2.24) is 19.7 Å². The first-order valence-electron chi connectivity index (χ1n) is 7.20. The van der Waals surface area contributed by atoms with E-state index in [2.05, 4.69) is 32.3 Å². The molecule has 0 saturated heterocycles. The number of aryl methyl sites for hydroxylation is 1. The summed E-state index contributed by atoms with van der Waals surface area (Å²) in [5, 5.41) is 12.3. The average Bonchev–Trinajstić information content (AvgIpc) is 2.93. The van der Waals surface area contributed by atoms with E-state index >= 15 is 0 Å². The van der Waals surface area contributed by atoms with E-state index in [1.165, 1.54) is 0 Å². The van der Waals surface area contributed by atoms with Gasteiger partial charge in [-0.2, -0.15) is 15.1 Å². The lowest BCUT2D eigenvalue weighted by Crippen LogP contribution is -2.08. The molecule has 0 bridgehead atoms. The summed E-state index contributed by atoms with van der Waals surface area (Å²) in [5.74, 6) is 1.28. The van der Waals surface area contributed by atoms with Crippen molar-refractivity contribution in [2.24, 2.45) is 7.05 Å². The summed E-state index contributed by atoms with van der Waals surface area (Å²) in [7, 11) is 1.86. The molecular formula is C16H18Cl2N6. The molecule has 8 heteroatoms. The van der Waals surface area contributed by atoms with Crippen LogP contribution in [0.5, 0.6) is 0 Å². The highest BCUT2D eigenvalue weighted by Gasteiger charge is 2.11. The van der Waals surface area contributed by atoms with E-state index in [1.807, 2.05) is 31.3 Å². The van der Waals surface area contributed by atoms with Gasteiger partial charge in [0.25, 0.3) is 0 Å². The average molecular weight is 365 g/mol. The number of aromatic nitrogens is 4. The fourth-order valence-electron chi connectivity index (χ4n) is 2.19. The molecule has 0 aliphatic heterocycles. The Morgan fingerprint density at radius 2 is 1.96 bits per heavy atom. The second-order valence-corrected chi connectivity index (χ2v) is 5.49. The van der Waals surface area contributed by atoms with Crippen molar-refractivity contribution in [2.45, 2.75) is 6.54 Å². The van der Waals surface area contributed by atoms with Gasteiger partial charge in [0.15, 0.2) is 5.65 Å². The first kappa shape index (κ1) is 18.0. The number of halogens is 2. The lowest BCUT2D eigenvalue weighted by Gasteiger charge is -2.09. The lowest BCUT2D eigenvalue weighted by molar-refractivity contribution is 0.785. The van der Waals surface area contributed by atoms with Gasteiger partial charge in [0.05, 0.1) is 11.6 Å². The van der Waals surface area contributed by atoms with Crippen LogP contribution in [0.15, 0.2) is 43.1 Å². The highest BCUT2D eigenvalue weighted by Crippen LogP contribution is 2.22. The largest absolute Gasteiger partial charge is 0.365 e. The normalized spacial score (nSPS) is 10.2. The lowest BCUT2D eigenvalue weighted by atomic mass is 10.2. The van der Waals surface area contributed by atoms with Crippen LogP contribution in [0.3, 0.4) is 0 Å². The summed E-state index contributed by atoms with van der Waals surface area (Å²) < 4.78 is 1.73. The Labute approximate surface area is 151 Å². The van der Waals surface area contributed by atoms with E-state index in [-0.39, 0.29) is 12.4 Å². The Morgan fingerprint density at radius 3 is 2.67 bits per heavy atom. The summed E-state index contributed by atoms with van der Waals surface area (Å²) in [5.41, 5.74) is 1.89. The molecule has 3 aromatic rings. The molecule has 2 aromatic heterocycles. The highest BCUT2D eigenvalue weighted by molar-refractivity contribution is 6.30. The van der Waals surface area contributed by atoms with Crippen molar-refractivity contribution in [3.63, 3.8) is 0 Å². The maximum atomic E-state index is 5.91. The number of benzene rings is 1. The summed E-state index contributed by atoms with van der Waals surface area (Å²) in [6.45, 7) is 4.92. The number of rotatable bonds is 6.